The van der Waals surface area contributed by atoms with Gasteiger partial charge in [0.15, 0.2) is 17.1 Å². The number of nitrogens with one attached hydrogen (secondary N) is 3. The number of Topliss-reactive ketones (excluding diaryl/α,β-unsaturated/α-hetero) is 1. The van der Waals surface area contributed by atoms with Crippen molar-refractivity contribution in [3.63, 3.8) is 0 Å². The highest BCUT2D eigenvalue weighted by atomic mass is 19.1. The molecule has 13 atom stereocenters. The van der Waals surface area contributed by atoms with Crippen molar-refractivity contribution >= 4 is 47.1 Å². The number of esters is 2. The van der Waals surface area contributed by atoms with E-state index in [2.05, 4.69) is 16.0 Å². The van der Waals surface area contributed by atoms with E-state index in [1.807, 2.05) is 6.92 Å². The third-order valence-corrected chi connectivity index (χ3v) is 15.6. The summed E-state index contributed by atoms with van der Waals surface area (Å²) < 4.78 is 29.7. The molecule has 4 amide bonds. The van der Waals surface area contributed by atoms with Crippen molar-refractivity contribution in [3.05, 3.63) is 59.7 Å². The molecule has 0 bridgehead atoms. The van der Waals surface area contributed by atoms with Gasteiger partial charge < -0.3 is 40.5 Å². The predicted octanol–water partition coefficient (Wildman–Crippen LogP) is 3.96. The van der Waals surface area contributed by atoms with Gasteiger partial charge in [-0.3, -0.25) is 33.6 Å². The molecule has 4 aliphatic carbocycles. The molecule has 0 aromatic heterocycles. The minimum atomic E-state index is -2.52. The van der Waals surface area contributed by atoms with Crippen molar-refractivity contribution in [2.75, 3.05) is 6.54 Å². The standard InChI is InChI=1S/C50H67FN4O12/c1-9-10-18-38(58)67-50(28(4)24-35-34-20-19-32-25-33(56)21-22-47(32,7)49(34,51)37(57)26-48(35,50)8)40(59)46(65)66-45(64)39(27(2)3)54-43(62)36-17-14-23-55(36)44(63)30(6)53-41(60)29(5)52-42(61)31-15-12-11-13-16-31/h11-13,15-16,21-22,25,27-30,34-37,39,46,57,65H,9-10,14,17-20,23-24,26H2,1-8H3,(H,52,61)(H,53,60)(H,54,62)/t28-,29-,30-,34-,35-,36-,37-,39-,46?,47-,48-,49-,50-/m0/s1. The van der Waals surface area contributed by atoms with E-state index in [0.717, 1.165) is 0 Å². The second kappa shape index (κ2) is 19.7. The average molecular weight is 935 g/mol. The Morgan fingerprint density at radius 3 is 2.30 bits per heavy atom. The van der Waals surface area contributed by atoms with Crippen molar-refractivity contribution in [1.29, 1.82) is 0 Å². The summed E-state index contributed by atoms with van der Waals surface area (Å²) in [6, 6.07) is 3.72. The van der Waals surface area contributed by atoms with Gasteiger partial charge in [0.25, 0.3) is 12.2 Å². The molecule has 17 heteroatoms. The van der Waals surface area contributed by atoms with Crippen LogP contribution >= 0.6 is 0 Å². The molecule has 1 aliphatic heterocycles. The van der Waals surface area contributed by atoms with Crippen LogP contribution in [0.1, 0.15) is 124 Å². The average Bonchev–Trinajstić information content (AvgIpc) is 3.86. The lowest BCUT2D eigenvalue weighted by Gasteiger charge is -2.62. The zero-order valence-corrected chi connectivity index (χ0v) is 39.8. The lowest BCUT2D eigenvalue weighted by Crippen LogP contribution is -2.70. The fourth-order valence-corrected chi connectivity index (χ4v) is 11.9. The van der Waals surface area contributed by atoms with Crippen molar-refractivity contribution in [2.45, 2.75) is 161 Å². The van der Waals surface area contributed by atoms with Crippen LogP contribution in [0, 0.1) is 34.5 Å². The normalized spacial score (nSPS) is 32.6. The maximum absolute atomic E-state index is 18.0. The summed E-state index contributed by atoms with van der Waals surface area (Å²) in [7, 11) is 0. The number of ketones is 2. The number of allylic oxidation sites excluding steroid dienone is 4. The number of fused-ring (bicyclic) bond motifs is 5. The third kappa shape index (κ3) is 9.09. The van der Waals surface area contributed by atoms with Crippen molar-refractivity contribution < 1.29 is 62.4 Å². The van der Waals surface area contributed by atoms with Gasteiger partial charge in [0.2, 0.25) is 23.5 Å². The second-order valence-corrected chi connectivity index (χ2v) is 20.1. The van der Waals surface area contributed by atoms with Gasteiger partial charge in [0, 0.05) is 41.2 Å². The Kier molecular flexibility index (Phi) is 15.1. The van der Waals surface area contributed by atoms with Crippen LogP contribution in [0.3, 0.4) is 0 Å². The molecule has 366 valence electrons. The molecule has 1 saturated heterocycles. The Hall–Kier alpha value is -5.29. The second-order valence-electron chi connectivity index (χ2n) is 20.1. The monoisotopic (exact) mass is 934 g/mol. The third-order valence-electron chi connectivity index (χ3n) is 15.6. The van der Waals surface area contributed by atoms with Crippen LogP contribution in [0.5, 0.6) is 0 Å². The van der Waals surface area contributed by atoms with E-state index in [1.165, 1.54) is 37.0 Å². The number of ether oxygens (including phenoxy) is 2. The highest BCUT2D eigenvalue weighted by Crippen LogP contribution is 2.71. The van der Waals surface area contributed by atoms with Crippen LogP contribution in [0.4, 0.5) is 4.39 Å². The number of unbranched alkanes of at least 4 members (excludes halogenated alkanes) is 1. The Bertz CT molecular complexity index is 2200. The van der Waals surface area contributed by atoms with Gasteiger partial charge >= 0.3 is 11.9 Å². The van der Waals surface area contributed by atoms with Crippen LogP contribution in [0.2, 0.25) is 0 Å². The highest BCUT2D eigenvalue weighted by molar-refractivity contribution is 6.02. The molecular weight excluding hydrogens is 868 g/mol. The zero-order chi connectivity index (χ0) is 49.4. The summed E-state index contributed by atoms with van der Waals surface area (Å²) in [4.78, 5) is 109. The van der Waals surface area contributed by atoms with Gasteiger partial charge in [0.1, 0.15) is 24.2 Å². The maximum Gasteiger partial charge on any atom is 0.331 e. The number of aliphatic hydroxyl groups is 2. The smallest absolute Gasteiger partial charge is 0.331 e. The van der Waals surface area contributed by atoms with E-state index in [9.17, 15) is 48.6 Å². The summed E-state index contributed by atoms with van der Waals surface area (Å²) >= 11 is 0. The number of aliphatic hydroxyl groups excluding tert-OH is 2. The molecule has 16 nitrogen and oxygen atoms in total. The zero-order valence-electron chi connectivity index (χ0n) is 39.8. The Morgan fingerprint density at radius 1 is 0.955 bits per heavy atom. The van der Waals surface area contributed by atoms with Gasteiger partial charge in [-0.25, -0.2) is 9.18 Å². The summed E-state index contributed by atoms with van der Waals surface area (Å²) in [5.41, 5.74) is -6.31. The Balaban J connectivity index is 1.17. The number of carbonyl (C=O) groups is 8. The summed E-state index contributed by atoms with van der Waals surface area (Å²) in [5, 5.41) is 31.5. The van der Waals surface area contributed by atoms with Crippen LogP contribution in [-0.2, 0) is 43.0 Å². The number of alkyl halides is 1. The first-order valence-corrected chi connectivity index (χ1v) is 23.7. The number of hydrogen-bond acceptors (Lipinski definition) is 12. The van der Waals surface area contributed by atoms with Crippen LogP contribution in [0.25, 0.3) is 0 Å². The molecule has 1 heterocycles. The minimum absolute atomic E-state index is 0.0711. The van der Waals surface area contributed by atoms with Gasteiger partial charge in [0.05, 0.1) is 6.10 Å². The molecule has 5 N–H and O–H groups in total. The number of likely N-dealkylation sites (tertiary alicyclic amines) is 1. The van der Waals surface area contributed by atoms with Crippen LogP contribution < -0.4 is 16.0 Å². The van der Waals surface area contributed by atoms with Gasteiger partial charge in [-0.2, -0.15) is 0 Å². The number of carbonyl (C=O) groups excluding carboxylic acids is 8. The first kappa shape index (κ1) is 51.1. The van der Waals surface area contributed by atoms with E-state index in [1.54, 1.807) is 65.0 Å². The fraction of sp³-hybridized carbons (Fsp3) is 0.640. The topological polar surface area (TPSA) is 235 Å². The number of benzene rings is 1. The lowest BCUT2D eigenvalue weighted by molar-refractivity contribution is -0.236. The number of nitrogens with zero attached hydrogens (tertiary/aromatic N) is 1. The highest BCUT2D eigenvalue weighted by Gasteiger charge is 2.78. The molecule has 6 rings (SSSR count). The predicted molar refractivity (Wildman–Crippen MR) is 241 cm³/mol. The first-order chi connectivity index (χ1) is 31.5. The number of rotatable bonds is 16. The van der Waals surface area contributed by atoms with Crippen LogP contribution in [-0.4, -0.2) is 117 Å². The molecule has 4 fully saturated rings. The molecule has 0 radical (unpaired) electrons. The number of halogens is 1. The number of amides is 4. The van der Waals surface area contributed by atoms with Gasteiger partial charge in [-0.15, -0.1) is 0 Å². The molecule has 5 aliphatic rings. The summed E-state index contributed by atoms with van der Waals surface area (Å²) in [5.74, 6) is -8.76. The summed E-state index contributed by atoms with van der Waals surface area (Å²) in [6.07, 6.45) is 2.05. The molecule has 3 saturated carbocycles. The molecule has 1 aromatic rings. The first-order valence-electron chi connectivity index (χ1n) is 23.7. The fourth-order valence-electron chi connectivity index (χ4n) is 11.9. The van der Waals surface area contributed by atoms with Gasteiger partial charge in [-0.1, -0.05) is 70.9 Å². The lowest BCUT2D eigenvalue weighted by atomic mass is 9.44. The van der Waals surface area contributed by atoms with E-state index in [-0.39, 0.29) is 44.4 Å². The van der Waals surface area contributed by atoms with E-state index < -0.39 is 124 Å². The minimum Gasteiger partial charge on any atom is -0.450 e. The quantitative estimate of drug-likeness (QED) is 0.117. The SMILES string of the molecule is CCCCC(=O)O[C@]1(C(=O)C(O)OC(=O)[C@@H](NC(=O)[C@@H]2CCCN2C(=O)[C@H](C)NC(=O)[C@H](C)NC(=O)c2ccccc2)C(C)C)[C@@H](C)C[C@H]2[C@@H]3CCC4=CC(=O)C=C[C@]4(C)[C@@]3(F)[C@@H](O)C[C@@]21C. The maximum atomic E-state index is 18.0. The van der Waals surface area contributed by atoms with E-state index in [4.69, 9.17) is 9.47 Å². The largest absolute Gasteiger partial charge is 0.450 e. The molecular formula is C50H67FN4O12. The van der Waals surface area contributed by atoms with Crippen molar-refractivity contribution in [1.82, 2.24) is 20.9 Å². The number of hydrogen-bond donors (Lipinski definition) is 5. The van der Waals surface area contributed by atoms with E-state index in [0.29, 0.717) is 36.8 Å². The Morgan fingerprint density at radius 2 is 1.64 bits per heavy atom. The van der Waals surface area contributed by atoms with Crippen molar-refractivity contribution in [2.24, 2.45) is 34.5 Å². The molecule has 1 aromatic carbocycles. The van der Waals surface area contributed by atoms with Crippen LogP contribution in [0.15, 0.2) is 54.1 Å². The van der Waals surface area contributed by atoms with E-state index >= 15 is 4.39 Å². The van der Waals surface area contributed by atoms with Gasteiger partial charge in [-0.05, 0) is 102 Å². The molecule has 0 spiro atoms. The molecule has 67 heavy (non-hydrogen) atoms. The van der Waals surface area contributed by atoms with Crippen molar-refractivity contribution in [3.8, 4) is 0 Å². The Labute approximate surface area is 391 Å². The molecule has 1 unspecified atom stereocenters. The summed E-state index contributed by atoms with van der Waals surface area (Å²) in [6.45, 7) is 13.1.